The average molecular weight is 181 g/mol. The second-order valence-corrected chi connectivity index (χ2v) is 3.40. The third-order valence-corrected chi connectivity index (χ3v) is 2.23. The van der Waals surface area contributed by atoms with E-state index in [9.17, 15) is 4.39 Å². The topological polar surface area (TPSA) is 26.0 Å². The molecule has 0 heterocycles. The predicted molar refractivity (Wildman–Crippen MR) is 53.0 cm³/mol. The van der Waals surface area contributed by atoms with Gasteiger partial charge in [-0.3, -0.25) is 0 Å². The zero-order chi connectivity index (χ0) is 9.84. The van der Waals surface area contributed by atoms with Crippen molar-refractivity contribution in [2.75, 3.05) is 0 Å². The summed E-state index contributed by atoms with van der Waals surface area (Å²) in [6, 6.07) is 4.83. The maximum atomic E-state index is 12.8. The highest BCUT2D eigenvalue weighted by Gasteiger charge is 2.07. The molecule has 2 N–H and O–H groups in total. The van der Waals surface area contributed by atoms with E-state index in [1.165, 1.54) is 12.1 Å². The van der Waals surface area contributed by atoms with Crippen molar-refractivity contribution in [1.29, 1.82) is 0 Å². The first-order valence-corrected chi connectivity index (χ1v) is 4.66. The van der Waals surface area contributed by atoms with E-state index in [0.717, 1.165) is 24.0 Å². The van der Waals surface area contributed by atoms with Gasteiger partial charge in [0.15, 0.2) is 0 Å². The fourth-order valence-corrected chi connectivity index (χ4v) is 1.52. The monoisotopic (exact) mass is 181 g/mol. The molecule has 1 aromatic rings. The van der Waals surface area contributed by atoms with Crippen molar-refractivity contribution >= 4 is 0 Å². The summed E-state index contributed by atoms with van der Waals surface area (Å²) in [5.74, 6) is -0.190. The molecule has 0 spiro atoms. The standard InChI is InChI=1S/C11H16FN/c1-3-4-11(13)10-6-5-9(12)7-8(10)2/h5-7,11H,3-4,13H2,1-2H3. The summed E-state index contributed by atoms with van der Waals surface area (Å²) in [6.45, 7) is 3.99. The molecule has 13 heavy (non-hydrogen) atoms. The van der Waals surface area contributed by atoms with E-state index in [2.05, 4.69) is 6.92 Å². The van der Waals surface area contributed by atoms with Crippen LogP contribution in [0, 0.1) is 12.7 Å². The quantitative estimate of drug-likeness (QED) is 0.762. The second kappa shape index (κ2) is 4.38. The lowest BCUT2D eigenvalue weighted by atomic mass is 9.98. The van der Waals surface area contributed by atoms with Crippen LogP contribution < -0.4 is 5.73 Å². The normalized spacial score (nSPS) is 12.9. The molecule has 1 nitrogen and oxygen atoms in total. The largest absolute Gasteiger partial charge is 0.324 e. The Morgan fingerprint density at radius 1 is 1.46 bits per heavy atom. The Labute approximate surface area is 78.8 Å². The zero-order valence-electron chi connectivity index (χ0n) is 8.18. The van der Waals surface area contributed by atoms with Gasteiger partial charge in [-0.05, 0) is 36.6 Å². The Morgan fingerprint density at radius 3 is 2.69 bits per heavy atom. The summed E-state index contributed by atoms with van der Waals surface area (Å²) in [5.41, 5.74) is 7.94. The number of aryl methyl sites for hydroxylation is 1. The number of benzene rings is 1. The Balaban J connectivity index is 2.88. The van der Waals surface area contributed by atoms with E-state index in [4.69, 9.17) is 5.73 Å². The van der Waals surface area contributed by atoms with Gasteiger partial charge in [-0.2, -0.15) is 0 Å². The van der Waals surface area contributed by atoms with Crippen molar-refractivity contribution in [3.63, 3.8) is 0 Å². The third kappa shape index (κ3) is 2.52. The number of nitrogens with two attached hydrogens (primary N) is 1. The van der Waals surface area contributed by atoms with Crippen LogP contribution in [-0.4, -0.2) is 0 Å². The highest BCUT2D eigenvalue weighted by molar-refractivity contribution is 5.29. The molecule has 0 saturated heterocycles. The summed E-state index contributed by atoms with van der Waals surface area (Å²) in [6.07, 6.45) is 2.00. The maximum absolute atomic E-state index is 12.8. The number of hydrogen-bond donors (Lipinski definition) is 1. The van der Waals surface area contributed by atoms with Crippen molar-refractivity contribution in [3.05, 3.63) is 35.1 Å². The van der Waals surface area contributed by atoms with Crippen LogP contribution >= 0.6 is 0 Å². The van der Waals surface area contributed by atoms with Crippen LogP contribution in [0.25, 0.3) is 0 Å². The molecule has 1 rings (SSSR count). The van der Waals surface area contributed by atoms with Crippen LogP contribution in [0.2, 0.25) is 0 Å². The maximum Gasteiger partial charge on any atom is 0.123 e. The summed E-state index contributed by atoms with van der Waals surface area (Å²) in [4.78, 5) is 0. The van der Waals surface area contributed by atoms with Gasteiger partial charge >= 0.3 is 0 Å². The third-order valence-electron chi connectivity index (χ3n) is 2.23. The van der Waals surface area contributed by atoms with Gasteiger partial charge in [-0.1, -0.05) is 19.4 Å². The van der Waals surface area contributed by atoms with Crippen LogP contribution in [0.5, 0.6) is 0 Å². The van der Waals surface area contributed by atoms with Crippen molar-refractivity contribution in [2.24, 2.45) is 5.73 Å². The molecule has 72 valence electrons. The van der Waals surface area contributed by atoms with E-state index >= 15 is 0 Å². The average Bonchev–Trinajstić information content (AvgIpc) is 2.04. The van der Waals surface area contributed by atoms with Crippen molar-refractivity contribution in [3.8, 4) is 0 Å². The molecule has 2 heteroatoms. The molecule has 0 aromatic heterocycles. The first-order chi connectivity index (χ1) is 6.15. The lowest BCUT2D eigenvalue weighted by Gasteiger charge is -2.13. The summed E-state index contributed by atoms with van der Waals surface area (Å²) in [7, 11) is 0. The Hall–Kier alpha value is -0.890. The second-order valence-electron chi connectivity index (χ2n) is 3.40. The van der Waals surface area contributed by atoms with Gasteiger partial charge in [-0.25, -0.2) is 4.39 Å². The Bertz CT molecular complexity index is 283. The molecule has 1 aromatic carbocycles. The van der Waals surface area contributed by atoms with Gasteiger partial charge in [0.2, 0.25) is 0 Å². The van der Waals surface area contributed by atoms with Gasteiger partial charge in [0.05, 0.1) is 0 Å². The lowest BCUT2D eigenvalue weighted by Crippen LogP contribution is -2.11. The highest BCUT2D eigenvalue weighted by Crippen LogP contribution is 2.20. The first kappa shape index (κ1) is 10.2. The SMILES string of the molecule is CCCC(N)c1ccc(F)cc1C. The molecule has 0 radical (unpaired) electrons. The summed E-state index contributed by atoms with van der Waals surface area (Å²) < 4.78 is 12.8. The van der Waals surface area contributed by atoms with E-state index in [1.807, 2.05) is 6.92 Å². The molecule has 0 fully saturated rings. The van der Waals surface area contributed by atoms with E-state index < -0.39 is 0 Å². The molecule has 0 aliphatic heterocycles. The van der Waals surface area contributed by atoms with Gasteiger partial charge in [0, 0.05) is 6.04 Å². The molecule has 0 saturated carbocycles. The minimum atomic E-state index is -0.190. The molecular formula is C11H16FN. The molecule has 1 unspecified atom stereocenters. The van der Waals surface area contributed by atoms with Gasteiger partial charge in [0.1, 0.15) is 5.82 Å². The summed E-state index contributed by atoms with van der Waals surface area (Å²) >= 11 is 0. The van der Waals surface area contributed by atoms with E-state index in [-0.39, 0.29) is 11.9 Å². The van der Waals surface area contributed by atoms with E-state index in [0.29, 0.717) is 0 Å². The van der Waals surface area contributed by atoms with Crippen LogP contribution in [0.15, 0.2) is 18.2 Å². The molecular weight excluding hydrogens is 165 g/mol. The molecule has 0 bridgehead atoms. The highest BCUT2D eigenvalue weighted by atomic mass is 19.1. The Kier molecular flexibility index (Phi) is 3.43. The Morgan fingerprint density at radius 2 is 2.15 bits per heavy atom. The van der Waals surface area contributed by atoms with E-state index in [1.54, 1.807) is 6.07 Å². The first-order valence-electron chi connectivity index (χ1n) is 4.66. The van der Waals surface area contributed by atoms with Gasteiger partial charge in [0.25, 0.3) is 0 Å². The molecule has 0 amide bonds. The van der Waals surface area contributed by atoms with Crippen LogP contribution in [0.4, 0.5) is 4.39 Å². The van der Waals surface area contributed by atoms with Crippen LogP contribution in [0.3, 0.4) is 0 Å². The number of hydrogen-bond acceptors (Lipinski definition) is 1. The molecule has 0 aliphatic carbocycles. The lowest BCUT2D eigenvalue weighted by molar-refractivity contribution is 0.612. The van der Waals surface area contributed by atoms with Crippen molar-refractivity contribution in [1.82, 2.24) is 0 Å². The zero-order valence-corrected chi connectivity index (χ0v) is 8.18. The molecule has 0 aliphatic rings. The number of halogens is 1. The van der Waals surface area contributed by atoms with Gasteiger partial charge < -0.3 is 5.73 Å². The fourth-order valence-electron chi connectivity index (χ4n) is 1.52. The molecule has 1 atom stereocenters. The fraction of sp³-hybridized carbons (Fsp3) is 0.455. The minimum absolute atomic E-state index is 0.0469. The summed E-state index contributed by atoms with van der Waals surface area (Å²) in [5, 5.41) is 0. The van der Waals surface area contributed by atoms with Gasteiger partial charge in [-0.15, -0.1) is 0 Å². The minimum Gasteiger partial charge on any atom is -0.324 e. The van der Waals surface area contributed by atoms with Crippen molar-refractivity contribution < 1.29 is 4.39 Å². The number of rotatable bonds is 3. The van der Waals surface area contributed by atoms with Crippen LogP contribution in [-0.2, 0) is 0 Å². The smallest absolute Gasteiger partial charge is 0.123 e. The van der Waals surface area contributed by atoms with Crippen LogP contribution in [0.1, 0.15) is 36.9 Å². The van der Waals surface area contributed by atoms with Crippen molar-refractivity contribution in [2.45, 2.75) is 32.7 Å². The predicted octanol–water partition coefficient (Wildman–Crippen LogP) is 2.93.